The lowest BCUT2D eigenvalue weighted by atomic mass is 10.1. The molecule has 0 heterocycles. The maximum atomic E-state index is 13.6. The SMILES string of the molecule is O=C(O)C=Cc1cc(CSc2cccc(Cl)c2)ccc1F. The normalized spacial score (nSPS) is 11.0. The molecule has 2 aromatic carbocycles. The Morgan fingerprint density at radius 1 is 1.29 bits per heavy atom. The van der Waals surface area contributed by atoms with E-state index >= 15 is 0 Å². The Hall–Kier alpha value is -1.78. The minimum atomic E-state index is -1.10. The number of benzene rings is 2. The van der Waals surface area contributed by atoms with Crippen molar-refractivity contribution in [3.05, 3.63) is 70.5 Å². The van der Waals surface area contributed by atoms with Crippen molar-refractivity contribution < 1.29 is 14.3 Å². The lowest BCUT2D eigenvalue weighted by Gasteiger charge is -2.05. The van der Waals surface area contributed by atoms with E-state index in [4.69, 9.17) is 16.7 Å². The van der Waals surface area contributed by atoms with Gasteiger partial charge in [0.15, 0.2) is 0 Å². The van der Waals surface area contributed by atoms with Crippen LogP contribution in [0.15, 0.2) is 53.4 Å². The van der Waals surface area contributed by atoms with Crippen molar-refractivity contribution in [1.82, 2.24) is 0 Å². The molecule has 0 saturated carbocycles. The highest BCUT2D eigenvalue weighted by Crippen LogP contribution is 2.26. The van der Waals surface area contributed by atoms with Gasteiger partial charge in [-0.3, -0.25) is 0 Å². The molecule has 0 atom stereocenters. The zero-order valence-corrected chi connectivity index (χ0v) is 12.5. The van der Waals surface area contributed by atoms with Crippen molar-refractivity contribution in [2.75, 3.05) is 0 Å². The summed E-state index contributed by atoms with van der Waals surface area (Å²) in [5.41, 5.74) is 1.17. The van der Waals surface area contributed by atoms with Gasteiger partial charge in [-0.1, -0.05) is 23.7 Å². The highest BCUT2D eigenvalue weighted by Gasteiger charge is 2.03. The molecular weight excluding hydrogens is 311 g/mol. The molecule has 0 unspecified atom stereocenters. The molecule has 21 heavy (non-hydrogen) atoms. The number of hydrogen-bond donors (Lipinski definition) is 1. The van der Waals surface area contributed by atoms with Gasteiger partial charge < -0.3 is 5.11 Å². The van der Waals surface area contributed by atoms with E-state index in [0.717, 1.165) is 16.5 Å². The second-order valence-corrected chi connectivity index (χ2v) is 5.76. The van der Waals surface area contributed by atoms with Gasteiger partial charge in [-0.2, -0.15) is 0 Å². The molecule has 2 aromatic rings. The van der Waals surface area contributed by atoms with Gasteiger partial charge in [0.05, 0.1) is 0 Å². The minimum Gasteiger partial charge on any atom is -0.478 e. The summed E-state index contributed by atoms with van der Waals surface area (Å²) in [5, 5.41) is 9.26. The molecule has 0 aliphatic heterocycles. The molecule has 0 bridgehead atoms. The average molecular weight is 323 g/mol. The van der Waals surface area contributed by atoms with Crippen molar-refractivity contribution in [1.29, 1.82) is 0 Å². The summed E-state index contributed by atoms with van der Waals surface area (Å²) < 4.78 is 13.6. The molecule has 0 fully saturated rings. The van der Waals surface area contributed by atoms with E-state index < -0.39 is 11.8 Å². The Morgan fingerprint density at radius 3 is 2.81 bits per heavy atom. The van der Waals surface area contributed by atoms with Crippen molar-refractivity contribution in [2.45, 2.75) is 10.6 Å². The number of hydrogen-bond acceptors (Lipinski definition) is 2. The third-order valence-corrected chi connectivity index (χ3v) is 3.97. The fraction of sp³-hybridized carbons (Fsp3) is 0.0625. The topological polar surface area (TPSA) is 37.3 Å². The van der Waals surface area contributed by atoms with Gasteiger partial charge in [0.2, 0.25) is 0 Å². The van der Waals surface area contributed by atoms with E-state index in [2.05, 4.69) is 0 Å². The molecule has 0 spiro atoms. The molecule has 0 saturated heterocycles. The number of halogens is 2. The van der Waals surface area contributed by atoms with Crippen LogP contribution < -0.4 is 0 Å². The lowest BCUT2D eigenvalue weighted by molar-refractivity contribution is -0.131. The second-order valence-electron chi connectivity index (χ2n) is 4.27. The van der Waals surface area contributed by atoms with Crippen LogP contribution in [0.1, 0.15) is 11.1 Å². The number of carboxylic acid groups (broad SMARTS) is 1. The monoisotopic (exact) mass is 322 g/mol. The first-order valence-electron chi connectivity index (χ1n) is 6.12. The molecule has 0 amide bonds. The van der Waals surface area contributed by atoms with Crippen LogP contribution in [0.4, 0.5) is 4.39 Å². The highest BCUT2D eigenvalue weighted by molar-refractivity contribution is 7.98. The Morgan fingerprint density at radius 2 is 2.10 bits per heavy atom. The Bertz CT molecular complexity index is 686. The largest absolute Gasteiger partial charge is 0.478 e. The molecule has 5 heteroatoms. The van der Waals surface area contributed by atoms with Crippen LogP contribution in [-0.4, -0.2) is 11.1 Å². The van der Waals surface area contributed by atoms with E-state index in [1.165, 1.54) is 12.1 Å². The molecule has 108 valence electrons. The molecule has 0 aromatic heterocycles. The quantitative estimate of drug-likeness (QED) is 0.630. The van der Waals surface area contributed by atoms with Gasteiger partial charge in [-0.05, 0) is 42.0 Å². The van der Waals surface area contributed by atoms with Crippen molar-refractivity contribution in [3.8, 4) is 0 Å². The number of carbonyl (C=O) groups is 1. The fourth-order valence-corrected chi connectivity index (χ4v) is 2.85. The second kappa shape index (κ2) is 7.29. The van der Waals surface area contributed by atoms with Crippen LogP contribution in [0, 0.1) is 5.82 Å². The number of thioether (sulfide) groups is 1. The number of rotatable bonds is 5. The van der Waals surface area contributed by atoms with Crippen molar-refractivity contribution in [2.24, 2.45) is 0 Å². The summed E-state index contributed by atoms with van der Waals surface area (Å²) >= 11 is 7.50. The minimum absolute atomic E-state index is 0.265. The molecule has 2 nitrogen and oxygen atoms in total. The molecule has 0 aliphatic carbocycles. The van der Waals surface area contributed by atoms with Gasteiger partial charge >= 0.3 is 5.97 Å². The lowest BCUT2D eigenvalue weighted by Crippen LogP contribution is -1.90. The van der Waals surface area contributed by atoms with E-state index in [-0.39, 0.29) is 5.56 Å². The van der Waals surface area contributed by atoms with Crippen LogP contribution in [0.2, 0.25) is 5.02 Å². The maximum Gasteiger partial charge on any atom is 0.328 e. The standard InChI is InChI=1S/C16H12ClFO2S/c17-13-2-1-3-14(9-13)21-10-11-4-6-15(18)12(8-11)5-7-16(19)20/h1-9H,10H2,(H,19,20). The van der Waals surface area contributed by atoms with Gasteiger partial charge in [-0.15, -0.1) is 11.8 Å². The number of carboxylic acids is 1. The Labute approximate surface area is 131 Å². The molecule has 0 aliphatic rings. The predicted molar refractivity (Wildman–Crippen MR) is 84.1 cm³/mol. The van der Waals surface area contributed by atoms with Gasteiger partial charge in [0, 0.05) is 27.3 Å². The molecular formula is C16H12ClFO2S. The van der Waals surface area contributed by atoms with Crippen molar-refractivity contribution >= 4 is 35.4 Å². The first kappa shape index (κ1) is 15.6. The highest BCUT2D eigenvalue weighted by atomic mass is 35.5. The maximum absolute atomic E-state index is 13.6. The summed E-state index contributed by atoms with van der Waals surface area (Å²) in [6.07, 6.45) is 2.18. The predicted octanol–water partition coefficient (Wildman–Crippen LogP) is 4.87. The summed E-state index contributed by atoms with van der Waals surface area (Å²) in [5.74, 6) is -0.897. The van der Waals surface area contributed by atoms with Crippen LogP contribution in [0.5, 0.6) is 0 Å². The third-order valence-electron chi connectivity index (χ3n) is 2.67. The van der Waals surface area contributed by atoms with Gasteiger partial charge in [0.25, 0.3) is 0 Å². The number of aliphatic carboxylic acids is 1. The van der Waals surface area contributed by atoms with Crippen molar-refractivity contribution in [3.63, 3.8) is 0 Å². The first-order chi connectivity index (χ1) is 10.0. The van der Waals surface area contributed by atoms with E-state index in [1.54, 1.807) is 30.0 Å². The third kappa shape index (κ3) is 4.92. The smallest absolute Gasteiger partial charge is 0.328 e. The van der Waals surface area contributed by atoms with Crippen LogP contribution in [0.25, 0.3) is 6.08 Å². The van der Waals surface area contributed by atoms with E-state index in [1.807, 2.05) is 18.2 Å². The Kier molecular flexibility index (Phi) is 5.42. The van der Waals surface area contributed by atoms with Crippen LogP contribution in [0.3, 0.4) is 0 Å². The molecule has 0 radical (unpaired) electrons. The Balaban J connectivity index is 2.10. The summed E-state index contributed by atoms with van der Waals surface area (Å²) in [7, 11) is 0. The molecule has 2 rings (SSSR count). The summed E-state index contributed by atoms with van der Waals surface area (Å²) in [6.45, 7) is 0. The van der Waals surface area contributed by atoms with Gasteiger partial charge in [-0.25, -0.2) is 9.18 Å². The average Bonchev–Trinajstić information content (AvgIpc) is 2.45. The van der Waals surface area contributed by atoms with Crippen LogP contribution in [-0.2, 0) is 10.5 Å². The zero-order valence-electron chi connectivity index (χ0n) is 10.9. The first-order valence-corrected chi connectivity index (χ1v) is 7.49. The summed E-state index contributed by atoms with van der Waals surface area (Å²) in [6, 6.07) is 12.2. The van der Waals surface area contributed by atoms with Gasteiger partial charge in [0.1, 0.15) is 5.82 Å². The van der Waals surface area contributed by atoms with Crippen LogP contribution >= 0.6 is 23.4 Å². The van der Waals surface area contributed by atoms with E-state index in [0.29, 0.717) is 10.8 Å². The fourth-order valence-electron chi connectivity index (χ4n) is 1.70. The molecule has 1 N–H and O–H groups in total. The zero-order chi connectivity index (χ0) is 15.2. The van der Waals surface area contributed by atoms with E-state index in [9.17, 15) is 9.18 Å². The summed E-state index contributed by atoms with van der Waals surface area (Å²) in [4.78, 5) is 11.5.